The molecule has 0 aliphatic carbocycles. The summed E-state index contributed by atoms with van der Waals surface area (Å²) in [6.45, 7) is 2.09. The Bertz CT molecular complexity index is 3430. The van der Waals surface area contributed by atoms with Crippen LogP contribution in [0.25, 0.3) is 72.2 Å². The number of para-hydroxylation sites is 8. The van der Waals surface area contributed by atoms with Gasteiger partial charge >= 0.3 is 0 Å². The Labute approximate surface area is 342 Å². The zero-order chi connectivity index (χ0) is 39.0. The number of anilines is 5. The molecule has 4 heterocycles. The maximum Gasteiger partial charge on any atom is 0.0783 e. The van der Waals surface area contributed by atoms with Crippen molar-refractivity contribution in [2.75, 3.05) is 9.80 Å². The number of hydrogen-bond acceptors (Lipinski definition) is 2. The molecule has 278 valence electrons. The molecular formula is C55H38N4. The van der Waals surface area contributed by atoms with E-state index >= 15 is 0 Å². The first-order chi connectivity index (χ1) is 29.3. The van der Waals surface area contributed by atoms with E-state index in [0.717, 1.165) is 22.6 Å². The van der Waals surface area contributed by atoms with E-state index in [1.807, 2.05) is 0 Å². The summed E-state index contributed by atoms with van der Waals surface area (Å²) in [5, 5.41) is 5.07. The number of hydrogen-bond donors (Lipinski definition) is 0. The summed E-state index contributed by atoms with van der Waals surface area (Å²) in [5.74, 6) is 0. The monoisotopic (exact) mass is 754 g/mol. The summed E-state index contributed by atoms with van der Waals surface area (Å²) in [7, 11) is 0. The predicted octanol–water partition coefficient (Wildman–Crippen LogP) is 15.0. The molecular weight excluding hydrogens is 717 g/mol. The molecule has 10 aromatic rings. The summed E-state index contributed by atoms with van der Waals surface area (Å²) in [4.78, 5) is 4.83. The van der Waals surface area contributed by atoms with Gasteiger partial charge in [-0.1, -0.05) is 133 Å². The molecule has 59 heavy (non-hydrogen) atoms. The lowest BCUT2D eigenvalue weighted by molar-refractivity contribution is 1.09. The Morgan fingerprint density at radius 1 is 0.441 bits per heavy atom. The molecule has 8 aromatic carbocycles. The summed E-state index contributed by atoms with van der Waals surface area (Å²) in [6.07, 6.45) is 11.0. The quantitative estimate of drug-likeness (QED) is 0.157. The van der Waals surface area contributed by atoms with Crippen LogP contribution in [0, 0.1) is 0 Å². The molecule has 0 unspecified atom stereocenters. The van der Waals surface area contributed by atoms with Gasteiger partial charge in [-0.3, -0.25) is 0 Å². The molecule has 0 fully saturated rings. The number of rotatable bonds is 6. The number of allylic oxidation sites excluding steroid dienone is 4. The van der Waals surface area contributed by atoms with E-state index in [-0.39, 0.29) is 0 Å². The molecule has 0 saturated carbocycles. The minimum atomic E-state index is 1.10. The summed E-state index contributed by atoms with van der Waals surface area (Å²) >= 11 is 0. The van der Waals surface area contributed by atoms with Gasteiger partial charge in [0.25, 0.3) is 0 Å². The second-order valence-electron chi connectivity index (χ2n) is 15.3. The van der Waals surface area contributed by atoms with Crippen LogP contribution >= 0.6 is 0 Å². The van der Waals surface area contributed by atoms with E-state index in [9.17, 15) is 0 Å². The summed E-state index contributed by atoms with van der Waals surface area (Å²) < 4.78 is 4.87. The second kappa shape index (κ2) is 13.1. The number of benzene rings is 8. The van der Waals surface area contributed by atoms with Crippen molar-refractivity contribution in [3.8, 4) is 22.5 Å². The lowest BCUT2D eigenvalue weighted by atomic mass is 10.0. The maximum absolute atomic E-state index is 2.44. The van der Waals surface area contributed by atoms with Crippen molar-refractivity contribution in [3.05, 3.63) is 218 Å². The molecule has 12 rings (SSSR count). The van der Waals surface area contributed by atoms with Crippen LogP contribution < -0.4 is 9.80 Å². The Balaban J connectivity index is 0.919. The normalized spacial score (nSPS) is 13.4. The highest BCUT2D eigenvalue weighted by molar-refractivity contribution is 6.17. The average Bonchev–Trinajstić information content (AvgIpc) is 3.82. The van der Waals surface area contributed by atoms with Gasteiger partial charge in [-0.05, 0) is 102 Å². The van der Waals surface area contributed by atoms with Crippen molar-refractivity contribution in [1.82, 2.24) is 9.13 Å². The standard InChI is InChI=1S/C55H38N4/c1-2-16-40(56-48-29-7-9-31-50(48)58-46-27-5-3-23-42(46)44-25-14-33-52(56)54(44)58)21-12-18-37-17-11-19-38(35-37)39-20-13-22-41(36-39)57-49-30-8-10-32-51(49)59-47-28-6-4-24-43(47)45-26-15-34-53(57)55(45)59/h2-36H,1H3/b16-2-,18-12+,40-21+. The van der Waals surface area contributed by atoms with Crippen LogP contribution in [-0.4, -0.2) is 9.13 Å². The molecule has 2 aliphatic rings. The van der Waals surface area contributed by atoms with Gasteiger partial charge in [-0.2, -0.15) is 0 Å². The van der Waals surface area contributed by atoms with Crippen LogP contribution in [0.3, 0.4) is 0 Å². The predicted molar refractivity (Wildman–Crippen MR) is 249 cm³/mol. The highest BCUT2D eigenvalue weighted by Gasteiger charge is 2.30. The number of nitrogens with zero attached hydrogens (tertiary/aromatic N) is 4. The molecule has 2 aliphatic heterocycles. The maximum atomic E-state index is 2.44. The molecule has 0 saturated heterocycles. The largest absolute Gasteiger partial charge is 0.306 e. The fourth-order valence-electron chi connectivity index (χ4n) is 9.64. The van der Waals surface area contributed by atoms with E-state index in [4.69, 9.17) is 0 Å². The first kappa shape index (κ1) is 33.3. The Morgan fingerprint density at radius 3 is 1.68 bits per heavy atom. The highest BCUT2D eigenvalue weighted by atomic mass is 15.2. The lowest BCUT2D eigenvalue weighted by Crippen LogP contribution is -2.21. The Kier molecular flexibility index (Phi) is 7.41. The van der Waals surface area contributed by atoms with Gasteiger partial charge in [0.1, 0.15) is 0 Å². The second-order valence-corrected chi connectivity index (χ2v) is 15.3. The zero-order valence-corrected chi connectivity index (χ0v) is 32.5. The van der Waals surface area contributed by atoms with Crippen molar-refractivity contribution in [3.63, 3.8) is 0 Å². The topological polar surface area (TPSA) is 16.3 Å². The van der Waals surface area contributed by atoms with Gasteiger partial charge in [0, 0.05) is 32.9 Å². The zero-order valence-electron chi connectivity index (χ0n) is 32.5. The van der Waals surface area contributed by atoms with Crippen LogP contribution in [-0.2, 0) is 0 Å². The average molecular weight is 755 g/mol. The first-order valence-corrected chi connectivity index (χ1v) is 20.3. The van der Waals surface area contributed by atoms with E-state index in [1.165, 1.54) is 83.2 Å². The molecule has 0 spiro atoms. The van der Waals surface area contributed by atoms with Crippen LogP contribution in [0.15, 0.2) is 212 Å². The minimum absolute atomic E-state index is 1.10. The minimum Gasteiger partial charge on any atom is -0.306 e. The van der Waals surface area contributed by atoms with E-state index < -0.39 is 0 Å². The van der Waals surface area contributed by atoms with Gasteiger partial charge in [0.05, 0.1) is 56.2 Å². The van der Waals surface area contributed by atoms with E-state index in [1.54, 1.807) is 0 Å². The molecule has 0 bridgehead atoms. The van der Waals surface area contributed by atoms with Crippen molar-refractivity contribution in [2.45, 2.75) is 6.92 Å². The van der Waals surface area contributed by atoms with Crippen molar-refractivity contribution in [1.29, 1.82) is 0 Å². The van der Waals surface area contributed by atoms with E-state index in [0.29, 0.717) is 0 Å². The fraction of sp³-hybridized carbons (Fsp3) is 0.0182. The molecule has 0 amide bonds. The van der Waals surface area contributed by atoms with E-state index in [2.05, 4.69) is 238 Å². The summed E-state index contributed by atoms with van der Waals surface area (Å²) in [5.41, 5.74) is 17.7. The number of aromatic nitrogens is 2. The molecule has 4 heteroatoms. The third-order valence-corrected chi connectivity index (χ3v) is 12.0. The molecule has 2 aromatic heterocycles. The van der Waals surface area contributed by atoms with Crippen LogP contribution in [0.5, 0.6) is 0 Å². The first-order valence-electron chi connectivity index (χ1n) is 20.3. The fourth-order valence-corrected chi connectivity index (χ4v) is 9.64. The molecule has 0 radical (unpaired) electrons. The third-order valence-electron chi connectivity index (χ3n) is 12.0. The van der Waals surface area contributed by atoms with Crippen LogP contribution in [0.1, 0.15) is 12.5 Å². The van der Waals surface area contributed by atoms with Gasteiger partial charge in [0.2, 0.25) is 0 Å². The smallest absolute Gasteiger partial charge is 0.0783 e. The third kappa shape index (κ3) is 4.96. The van der Waals surface area contributed by atoms with Crippen molar-refractivity contribution in [2.24, 2.45) is 0 Å². The molecule has 0 N–H and O–H groups in total. The SMILES string of the molecule is C\C=C/C(=C\C=C\c1cccc(-c2cccc(N3c4ccccc4-n4c5ccccc5c5cccc3c54)c2)c1)N1c2ccccc2-n2c3ccccc3c3cccc1c32. The Hall–Kier alpha value is -7.82. The van der Waals surface area contributed by atoms with Crippen molar-refractivity contribution >= 4 is 78.1 Å². The van der Waals surface area contributed by atoms with Crippen molar-refractivity contribution < 1.29 is 0 Å². The van der Waals surface area contributed by atoms with Gasteiger partial charge in [-0.15, -0.1) is 0 Å². The van der Waals surface area contributed by atoms with Crippen LogP contribution in [0.4, 0.5) is 28.4 Å². The summed E-state index contributed by atoms with van der Waals surface area (Å²) in [6, 6.07) is 66.2. The van der Waals surface area contributed by atoms with Gasteiger partial charge in [0.15, 0.2) is 0 Å². The van der Waals surface area contributed by atoms with Gasteiger partial charge in [-0.25, -0.2) is 0 Å². The lowest BCUT2D eigenvalue weighted by Gasteiger charge is -2.33. The Morgan fingerprint density at radius 2 is 0.966 bits per heavy atom. The molecule has 0 atom stereocenters. The van der Waals surface area contributed by atoms with Crippen LogP contribution in [0.2, 0.25) is 0 Å². The highest BCUT2D eigenvalue weighted by Crippen LogP contribution is 2.51. The van der Waals surface area contributed by atoms with Gasteiger partial charge < -0.3 is 18.9 Å². The molecule has 4 nitrogen and oxygen atoms in total. The number of fused-ring (bicyclic) bond motifs is 10.